The molecule has 0 amide bonds. The van der Waals surface area contributed by atoms with Gasteiger partial charge in [-0.3, -0.25) is 4.90 Å². The minimum Gasteiger partial charge on any atom is -0.496 e. The van der Waals surface area contributed by atoms with E-state index in [1.165, 1.54) is 16.7 Å². The van der Waals surface area contributed by atoms with Crippen molar-refractivity contribution in [3.63, 3.8) is 0 Å². The molecule has 2 aliphatic rings. The zero-order chi connectivity index (χ0) is 15.5. The van der Waals surface area contributed by atoms with E-state index in [9.17, 15) is 0 Å². The van der Waals surface area contributed by atoms with Crippen molar-refractivity contribution in [2.45, 2.75) is 32.4 Å². The number of likely N-dealkylation sites (N-methyl/N-ethyl adjacent to an activating group) is 1. The number of benzene rings is 1. The number of hydrogen-bond acceptors (Lipinski definition) is 4. The molecule has 1 fully saturated rings. The van der Waals surface area contributed by atoms with Crippen molar-refractivity contribution in [1.82, 2.24) is 15.1 Å². The lowest BCUT2D eigenvalue weighted by Gasteiger charge is -2.33. The molecular weight excluding hydrogens is 274 g/mol. The zero-order valence-corrected chi connectivity index (χ0v) is 14.2. The highest BCUT2D eigenvalue weighted by Crippen LogP contribution is 2.32. The third kappa shape index (κ3) is 3.29. The van der Waals surface area contributed by atoms with E-state index in [-0.39, 0.29) is 0 Å². The molecule has 4 nitrogen and oxygen atoms in total. The third-order valence-corrected chi connectivity index (χ3v) is 5.10. The molecule has 1 saturated heterocycles. The molecule has 2 aliphatic heterocycles. The van der Waals surface area contributed by atoms with Gasteiger partial charge in [-0.2, -0.15) is 0 Å². The van der Waals surface area contributed by atoms with Crippen LogP contribution in [0.25, 0.3) is 0 Å². The fourth-order valence-electron chi connectivity index (χ4n) is 3.65. The first-order valence-electron chi connectivity index (χ1n) is 8.55. The Morgan fingerprint density at radius 1 is 1.23 bits per heavy atom. The van der Waals surface area contributed by atoms with Crippen LogP contribution in [0.15, 0.2) is 12.1 Å². The van der Waals surface area contributed by atoms with Gasteiger partial charge in [0.2, 0.25) is 0 Å². The van der Waals surface area contributed by atoms with Gasteiger partial charge in [0.1, 0.15) is 5.75 Å². The predicted octanol–water partition coefficient (Wildman–Crippen LogP) is 2.04. The lowest BCUT2D eigenvalue weighted by molar-refractivity contribution is 0.147. The Hall–Kier alpha value is -1.10. The standard InChI is InChI=1S/C18H29N3O/c1-4-17-16-12-18(22-3)15(11-14(16)5-6-19-17)13-21-9-7-20(2)8-10-21/h11-12,17,19H,4-10,13H2,1-3H3. The number of piperazine rings is 1. The molecule has 0 aromatic heterocycles. The van der Waals surface area contributed by atoms with E-state index in [0.717, 1.165) is 57.9 Å². The van der Waals surface area contributed by atoms with Crippen LogP contribution >= 0.6 is 0 Å². The summed E-state index contributed by atoms with van der Waals surface area (Å²) in [6.45, 7) is 8.97. The normalized spacial score (nSPS) is 23.3. The van der Waals surface area contributed by atoms with E-state index >= 15 is 0 Å². The molecule has 4 heteroatoms. The van der Waals surface area contributed by atoms with Crippen LogP contribution in [0, 0.1) is 0 Å². The molecule has 0 saturated carbocycles. The molecular formula is C18H29N3O. The molecule has 0 aliphatic carbocycles. The lowest BCUT2D eigenvalue weighted by Crippen LogP contribution is -2.44. The van der Waals surface area contributed by atoms with Crippen molar-refractivity contribution in [2.24, 2.45) is 0 Å². The summed E-state index contributed by atoms with van der Waals surface area (Å²) in [4.78, 5) is 4.95. The van der Waals surface area contributed by atoms with Gasteiger partial charge < -0.3 is 15.0 Å². The molecule has 3 rings (SSSR count). The fourth-order valence-corrected chi connectivity index (χ4v) is 3.65. The summed E-state index contributed by atoms with van der Waals surface area (Å²) in [5.41, 5.74) is 4.30. The number of nitrogens with zero attached hydrogens (tertiary/aromatic N) is 2. The third-order valence-electron chi connectivity index (χ3n) is 5.10. The van der Waals surface area contributed by atoms with Gasteiger partial charge in [0, 0.05) is 44.3 Å². The fraction of sp³-hybridized carbons (Fsp3) is 0.667. The lowest BCUT2D eigenvalue weighted by atomic mass is 9.90. The van der Waals surface area contributed by atoms with Crippen LogP contribution in [0.4, 0.5) is 0 Å². The zero-order valence-electron chi connectivity index (χ0n) is 14.2. The maximum atomic E-state index is 5.70. The number of methoxy groups -OCH3 is 1. The van der Waals surface area contributed by atoms with Crippen LogP contribution in [-0.2, 0) is 13.0 Å². The van der Waals surface area contributed by atoms with Crippen molar-refractivity contribution >= 4 is 0 Å². The number of ether oxygens (including phenoxy) is 1. The monoisotopic (exact) mass is 303 g/mol. The van der Waals surface area contributed by atoms with Crippen LogP contribution in [0.5, 0.6) is 5.75 Å². The van der Waals surface area contributed by atoms with Gasteiger partial charge in [-0.05, 0) is 43.6 Å². The van der Waals surface area contributed by atoms with Gasteiger partial charge >= 0.3 is 0 Å². The summed E-state index contributed by atoms with van der Waals surface area (Å²) in [5, 5.41) is 3.61. The van der Waals surface area contributed by atoms with Crippen molar-refractivity contribution in [2.75, 3.05) is 46.9 Å². The van der Waals surface area contributed by atoms with Gasteiger partial charge in [0.05, 0.1) is 7.11 Å². The Bertz CT molecular complexity index is 509. The van der Waals surface area contributed by atoms with E-state index < -0.39 is 0 Å². The van der Waals surface area contributed by atoms with E-state index in [1.54, 1.807) is 7.11 Å². The highest BCUT2D eigenvalue weighted by Gasteiger charge is 2.22. The number of nitrogens with one attached hydrogen (secondary N) is 1. The molecule has 1 N–H and O–H groups in total. The summed E-state index contributed by atoms with van der Waals surface area (Å²) < 4.78 is 5.70. The van der Waals surface area contributed by atoms with Gasteiger partial charge in [-0.25, -0.2) is 0 Å². The second-order valence-corrected chi connectivity index (χ2v) is 6.61. The molecule has 1 atom stereocenters. The molecule has 1 aromatic carbocycles. The van der Waals surface area contributed by atoms with Crippen LogP contribution in [0.2, 0.25) is 0 Å². The maximum absolute atomic E-state index is 5.70. The highest BCUT2D eigenvalue weighted by molar-refractivity contribution is 5.45. The first kappa shape index (κ1) is 15.8. The highest BCUT2D eigenvalue weighted by atomic mass is 16.5. The van der Waals surface area contributed by atoms with E-state index in [0.29, 0.717) is 6.04 Å². The molecule has 1 unspecified atom stereocenters. The summed E-state index contributed by atoms with van der Waals surface area (Å²) >= 11 is 0. The van der Waals surface area contributed by atoms with Crippen LogP contribution in [-0.4, -0.2) is 56.7 Å². The molecule has 22 heavy (non-hydrogen) atoms. The Morgan fingerprint density at radius 2 is 2.00 bits per heavy atom. The van der Waals surface area contributed by atoms with Crippen molar-refractivity contribution in [3.8, 4) is 5.75 Å². The molecule has 0 bridgehead atoms. The van der Waals surface area contributed by atoms with Crippen molar-refractivity contribution in [3.05, 3.63) is 28.8 Å². The molecule has 2 heterocycles. The average Bonchev–Trinajstić information content (AvgIpc) is 2.55. The van der Waals surface area contributed by atoms with Crippen molar-refractivity contribution < 1.29 is 4.74 Å². The minimum absolute atomic E-state index is 0.482. The Balaban J connectivity index is 1.81. The Kier molecular flexibility index (Phi) is 5.01. The van der Waals surface area contributed by atoms with Crippen LogP contribution in [0.1, 0.15) is 36.1 Å². The second kappa shape index (κ2) is 6.99. The maximum Gasteiger partial charge on any atom is 0.123 e. The van der Waals surface area contributed by atoms with Crippen LogP contribution in [0.3, 0.4) is 0 Å². The quantitative estimate of drug-likeness (QED) is 0.921. The summed E-state index contributed by atoms with van der Waals surface area (Å²) in [7, 11) is 4.00. The SMILES string of the molecule is CCC1NCCc2cc(CN3CCN(C)CC3)c(OC)cc21. The molecule has 0 spiro atoms. The molecule has 0 radical (unpaired) electrons. The van der Waals surface area contributed by atoms with Gasteiger partial charge in [0.15, 0.2) is 0 Å². The largest absolute Gasteiger partial charge is 0.496 e. The smallest absolute Gasteiger partial charge is 0.123 e. The van der Waals surface area contributed by atoms with E-state index in [2.05, 4.69) is 41.2 Å². The minimum atomic E-state index is 0.482. The van der Waals surface area contributed by atoms with Crippen molar-refractivity contribution in [1.29, 1.82) is 0 Å². The summed E-state index contributed by atoms with van der Waals surface area (Å²) in [6.07, 6.45) is 2.26. The number of hydrogen-bond donors (Lipinski definition) is 1. The molecule has 122 valence electrons. The van der Waals surface area contributed by atoms with Gasteiger partial charge in [0.25, 0.3) is 0 Å². The van der Waals surface area contributed by atoms with Gasteiger partial charge in [-0.15, -0.1) is 0 Å². The van der Waals surface area contributed by atoms with E-state index in [1.807, 2.05) is 0 Å². The first-order valence-corrected chi connectivity index (χ1v) is 8.55. The summed E-state index contributed by atoms with van der Waals surface area (Å²) in [6, 6.07) is 5.16. The Morgan fingerprint density at radius 3 is 2.68 bits per heavy atom. The second-order valence-electron chi connectivity index (χ2n) is 6.61. The topological polar surface area (TPSA) is 27.7 Å². The van der Waals surface area contributed by atoms with Gasteiger partial charge in [-0.1, -0.05) is 13.0 Å². The molecule has 1 aromatic rings. The van der Waals surface area contributed by atoms with E-state index in [4.69, 9.17) is 4.74 Å². The predicted molar refractivity (Wildman–Crippen MR) is 90.5 cm³/mol. The first-order chi connectivity index (χ1) is 10.7. The Labute approximate surface area is 134 Å². The average molecular weight is 303 g/mol. The summed E-state index contributed by atoms with van der Waals surface area (Å²) in [5.74, 6) is 1.06. The number of rotatable bonds is 4. The number of fused-ring (bicyclic) bond motifs is 1. The van der Waals surface area contributed by atoms with Crippen LogP contribution < -0.4 is 10.1 Å².